The number of hydrogen-bond donors (Lipinski definition) is 2. The van der Waals surface area contributed by atoms with Gasteiger partial charge in [0.2, 0.25) is 0 Å². The molecule has 0 saturated heterocycles. The van der Waals surface area contributed by atoms with Crippen LogP contribution in [0.15, 0.2) is 18.2 Å². The van der Waals surface area contributed by atoms with Crippen LogP contribution < -0.4 is 11.3 Å². The molecule has 1 aliphatic carbocycles. The Morgan fingerprint density at radius 3 is 2.56 bits per heavy atom. The Kier molecular flexibility index (Phi) is 4.03. The Bertz CT molecular complexity index is 411. The second-order valence-electron chi connectivity index (χ2n) is 5.53. The molecule has 1 atom stereocenters. The van der Waals surface area contributed by atoms with E-state index in [1.807, 2.05) is 12.1 Å². The number of nitrogens with two attached hydrogens (primary N) is 1. The minimum atomic E-state index is -0.147. The summed E-state index contributed by atoms with van der Waals surface area (Å²) < 4.78 is 13.4. The number of hydrogen-bond acceptors (Lipinski definition) is 2. The van der Waals surface area contributed by atoms with Crippen molar-refractivity contribution in [2.75, 3.05) is 0 Å². The predicted octanol–water partition coefficient (Wildman–Crippen LogP) is 3.61. The van der Waals surface area contributed by atoms with Crippen LogP contribution in [0.4, 0.5) is 4.39 Å². The van der Waals surface area contributed by atoms with Gasteiger partial charge in [0.25, 0.3) is 0 Å². The molecular formula is C15H23FN2. The van der Waals surface area contributed by atoms with Crippen LogP contribution >= 0.6 is 0 Å². The van der Waals surface area contributed by atoms with Crippen LogP contribution in [-0.4, -0.2) is 0 Å². The van der Waals surface area contributed by atoms with E-state index in [2.05, 4.69) is 12.3 Å². The van der Waals surface area contributed by atoms with Gasteiger partial charge in [-0.05, 0) is 48.8 Å². The highest BCUT2D eigenvalue weighted by atomic mass is 19.1. The van der Waals surface area contributed by atoms with Crippen LogP contribution in [0.3, 0.4) is 0 Å². The van der Waals surface area contributed by atoms with Gasteiger partial charge in [-0.1, -0.05) is 31.9 Å². The molecule has 0 aromatic heterocycles. The standard InChI is InChI=1S/C15H23FN2/c1-3-15(8-4-5-9-15)14(18-17)12-6-7-13(16)11(2)10-12/h6-7,10,14,18H,3-5,8-9,17H2,1-2H3. The summed E-state index contributed by atoms with van der Waals surface area (Å²) in [5.74, 6) is 5.64. The highest BCUT2D eigenvalue weighted by Gasteiger charge is 2.40. The SMILES string of the molecule is CCC1(C(NN)c2ccc(F)c(C)c2)CCCC1. The van der Waals surface area contributed by atoms with Crippen LogP contribution in [0.1, 0.15) is 56.2 Å². The second-order valence-corrected chi connectivity index (χ2v) is 5.53. The molecule has 1 aromatic rings. The van der Waals surface area contributed by atoms with Gasteiger partial charge in [0.15, 0.2) is 0 Å². The van der Waals surface area contributed by atoms with Crippen LogP contribution in [0.5, 0.6) is 0 Å². The van der Waals surface area contributed by atoms with Crippen molar-refractivity contribution in [3.05, 3.63) is 35.1 Å². The topological polar surface area (TPSA) is 38.0 Å². The third-order valence-electron chi connectivity index (χ3n) is 4.60. The number of nitrogens with one attached hydrogen (secondary N) is 1. The molecule has 0 radical (unpaired) electrons. The molecule has 0 amide bonds. The first-order valence-electron chi connectivity index (χ1n) is 6.85. The smallest absolute Gasteiger partial charge is 0.126 e. The molecule has 3 N–H and O–H groups in total. The van der Waals surface area contributed by atoms with Gasteiger partial charge in [-0.3, -0.25) is 11.3 Å². The Morgan fingerprint density at radius 1 is 1.39 bits per heavy atom. The lowest BCUT2D eigenvalue weighted by atomic mass is 9.73. The number of hydrazine groups is 1. The molecule has 0 heterocycles. The Balaban J connectivity index is 2.34. The summed E-state index contributed by atoms with van der Waals surface area (Å²) in [6.07, 6.45) is 6.06. The quantitative estimate of drug-likeness (QED) is 0.633. The summed E-state index contributed by atoms with van der Waals surface area (Å²) in [5.41, 5.74) is 5.01. The zero-order valence-corrected chi connectivity index (χ0v) is 11.3. The Morgan fingerprint density at radius 2 is 2.06 bits per heavy atom. The number of aryl methyl sites for hydroxylation is 1. The zero-order valence-electron chi connectivity index (χ0n) is 11.3. The van der Waals surface area contributed by atoms with Crippen LogP contribution in [0.25, 0.3) is 0 Å². The molecule has 1 saturated carbocycles. The maximum atomic E-state index is 13.4. The molecule has 18 heavy (non-hydrogen) atoms. The molecule has 1 aliphatic rings. The van der Waals surface area contributed by atoms with Crippen molar-refractivity contribution in [2.45, 2.75) is 52.0 Å². The lowest BCUT2D eigenvalue weighted by Crippen LogP contribution is -2.40. The van der Waals surface area contributed by atoms with Gasteiger partial charge in [-0.2, -0.15) is 0 Å². The number of benzene rings is 1. The summed E-state index contributed by atoms with van der Waals surface area (Å²) in [7, 11) is 0. The molecular weight excluding hydrogens is 227 g/mol. The largest absolute Gasteiger partial charge is 0.271 e. The average molecular weight is 250 g/mol. The maximum Gasteiger partial charge on any atom is 0.126 e. The van der Waals surface area contributed by atoms with Gasteiger partial charge in [0, 0.05) is 0 Å². The number of halogens is 1. The predicted molar refractivity (Wildman–Crippen MR) is 72.4 cm³/mol. The molecule has 2 rings (SSSR count). The van der Waals surface area contributed by atoms with E-state index < -0.39 is 0 Å². The van der Waals surface area contributed by atoms with Gasteiger partial charge in [0.1, 0.15) is 5.82 Å². The molecule has 1 fully saturated rings. The average Bonchev–Trinajstić information content (AvgIpc) is 2.84. The second kappa shape index (κ2) is 5.37. The first kappa shape index (κ1) is 13.5. The van der Waals surface area contributed by atoms with Crippen molar-refractivity contribution in [1.82, 2.24) is 5.43 Å². The van der Waals surface area contributed by atoms with Gasteiger partial charge in [0.05, 0.1) is 6.04 Å². The molecule has 3 heteroatoms. The fraction of sp³-hybridized carbons (Fsp3) is 0.600. The van der Waals surface area contributed by atoms with Crippen LogP contribution in [0.2, 0.25) is 0 Å². The molecule has 0 spiro atoms. The molecule has 0 bridgehead atoms. The van der Waals surface area contributed by atoms with E-state index in [-0.39, 0.29) is 17.3 Å². The number of rotatable bonds is 4. The van der Waals surface area contributed by atoms with Crippen molar-refractivity contribution in [3.8, 4) is 0 Å². The molecule has 2 nitrogen and oxygen atoms in total. The fourth-order valence-electron chi connectivity index (χ4n) is 3.40. The third-order valence-corrected chi connectivity index (χ3v) is 4.60. The molecule has 1 aromatic carbocycles. The van der Waals surface area contributed by atoms with Crippen molar-refractivity contribution in [3.63, 3.8) is 0 Å². The normalized spacial score (nSPS) is 20.0. The lowest BCUT2D eigenvalue weighted by Gasteiger charge is -2.37. The summed E-state index contributed by atoms with van der Waals surface area (Å²) in [6, 6.07) is 5.47. The first-order valence-corrected chi connectivity index (χ1v) is 6.85. The van der Waals surface area contributed by atoms with E-state index in [0.717, 1.165) is 12.0 Å². The molecule has 1 unspecified atom stereocenters. The van der Waals surface area contributed by atoms with E-state index in [4.69, 9.17) is 5.84 Å². The van der Waals surface area contributed by atoms with E-state index in [1.165, 1.54) is 25.7 Å². The van der Waals surface area contributed by atoms with E-state index in [1.54, 1.807) is 13.0 Å². The van der Waals surface area contributed by atoms with Crippen LogP contribution in [-0.2, 0) is 0 Å². The van der Waals surface area contributed by atoms with Crippen molar-refractivity contribution < 1.29 is 4.39 Å². The van der Waals surface area contributed by atoms with E-state index in [9.17, 15) is 4.39 Å². The van der Waals surface area contributed by atoms with Gasteiger partial charge >= 0.3 is 0 Å². The summed E-state index contributed by atoms with van der Waals surface area (Å²) in [4.78, 5) is 0. The monoisotopic (exact) mass is 250 g/mol. The maximum absolute atomic E-state index is 13.4. The lowest BCUT2D eigenvalue weighted by molar-refractivity contribution is 0.188. The highest BCUT2D eigenvalue weighted by Crippen LogP contribution is 2.49. The zero-order chi connectivity index (χ0) is 13.2. The van der Waals surface area contributed by atoms with Crippen molar-refractivity contribution in [2.24, 2.45) is 11.3 Å². The Hall–Kier alpha value is -0.930. The summed E-state index contributed by atoms with van der Waals surface area (Å²) in [6.45, 7) is 4.03. The van der Waals surface area contributed by atoms with Gasteiger partial charge < -0.3 is 0 Å². The van der Waals surface area contributed by atoms with E-state index >= 15 is 0 Å². The van der Waals surface area contributed by atoms with Crippen LogP contribution in [0, 0.1) is 18.2 Å². The van der Waals surface area contributed by atoms with Crippen molar-refractivity contribution >= 4 is 0 Å². The Labute approximate surface area is 109 Å². The highest BCUT2D eigenvalue weighted by molar-refractivity contribution is 5.28. The molecule has 0 aliphatic heterocycles. The van der Waals surface area contributed by atoms with E-state index in [0.29, 0.717) is 5.56 Å². The minimum Gasteiger partial charge on any atom is -0.271 e. The van der Waals surface area contributed by atoms with Gasteiger partial charge in [-0.15, -0.1) is 0 Å². The first-order chi connectivity index (χ1) is 8.63. The van der Waals surface area contributed by atoms with Crippen molar-refractivity contribution in [1.29, 1.82) is 0 Å². The molecule has 100 valence electrons. The van der Waals surface area contributed by atoms with Gasteiger partial charge in [-0.25, -0.2) is 4.39 Å². The summed E-state index contributed by atoms with van der Waals surface area (Å²) in [5, 5.41) is 0. The third kappa shape index (κ3) is 2.29. The summed E-state index contributed by atoms with van der Waals surface area (Å²) >= 11 is 0. The fourth-order valence-corrected chi connectivity index (χ4v) is 3.40. The minimum absolute atomic E-state index is 0.129.